The number of hydrogen-bond donors (Lipinski definition) is 5. The van der Waals surface area contributed by atoms with E-state index >= 15 is 0 Å². The lowest BCUT2D eigenvalue weighted by molar-refractivity contribution is -0.123. The van der Waals surface area contributed by atoms with Crippen LogP contribution in [0.5, 0.6) is 5.75 Å². The zero-order valence-electron chi connectivity index (χ0n) is 18.5. The van der Waals surface area contributed by atoms with E-state index in [4.69, 9.17) is 38.2 Å². The van der Waals surface area contributed by atoms with Gasteiger partial charge in [0.2, 0.25) is 0 Å². The van der Waals surface area contributed by atoms with Crippen molar-refractivity contribution in [2.24, 2.45) is 7.05 Å². The van der Waals surface area contributed by atoms with Crippen molar-refractivity contribution in [3.8, 4) is 5.75 Å². The summed E-state index contributed by atoms with van der Waals surface area (Å²) >= 11 is 12.7. The smallest absolute Gasteiger partial charge is 0.335 e. The lowest BCUT2D eigenvalue weighted by atomic mass is 10.1. The van der Waals surface area contributed by atoms with Gasteiger partial charge in [-0.25, -0.2) is 4.79 Å². The minimum absolute atomic E-state index is 0.0680. The number of fused-ring (bicyclic) bond motifs is 1. The zero-order chi connectivity index (χ0) is 25.7. The summed E-state index contributed by atoms with van der Waals surface area (Å²) in [7, 11) is 1.63. The SMILES string of the molecule is Cn1c(C(=O)NC(CO)c2ccc(C(=O)O)cc2)cc2c(Cl)c(Cl)c(OCC(=O)NCCO)cc21. The number of aryl methyl sites for hydroxylation is 1. The largest absolute Gasteiger partial charge is 0.482 e. The van der Waals surface area contributed by atoms with Gasteiger partial charge in [-0.3, -0.25) is 9.59 Å². The fraction of sp³-hybridized carbons (Fsp3) is 0.261. The Balaban J connectivity index is 1.85. The molecule has 1 heterocycles. The standard InChI is InChI=1S/C23H23Cl2N3O7/c1-28-16-9-18(35-11-19(31)26-6-7-29)21(25)20(24)14(16)8-17(28)22(32)27-15(10-30)12-2-4-13(5-3-12)23(33)34/h2-5,8-9,15,29-30H,6-7,10-11H2,1H3,(H,26,31)(H,27,32)(H,33,34). The molecule has 0 radical (unpaired) electrons. The first-order chi connectivity index (χ1) is 16.7. The van der Waals surface area contributed by atoms with Gasteiger partial charge in [0.25, 0.3) is 11.8 Å². The highest BCUT2D eigenvalue weighted by Crippen LogP contribution is 2.39. The average molecular weight is 524 g/mol. The van der Waals surface area contributed by atoms with Crippen LogP contribution < -0.4 is 15.4 Å². The molecule has 0 saturated carbocycles. The van der Waals surface area contributed by atoms with Gasteiger partial charge in [-0.2, -0.15) is 0 Å². The van der Waals surface area contributed by atoms with E-state index in [0.717, 1.165) is 0 Å². The number of benzene rings is 2. The number of rotatable bonds is 10. The second-order valence-corrected chi connectivity index (χ2v) is 8.28. The first-order valence-corrected chi connectivity index (χ1v) is 11.2. The summed E-state index contributed by atoms with van der Waals surface area (Å²) < 4.78 is 7.04. The maximum Gasteiger partial charge on any atom is 0.335 e. The second kappa shape index (κ2) is 11.4. The third kappa shape index (κ3) is 5.85. The molecule has 1 atom stereocenters. The number of amides is 2. The first-order valence-electron chi connectivity index (χ1n) is 10.4. The molecule has 3 rings (SSSR count). The minimum Gasteiger partial charge on any atom is -0.482 e. The van der Waals surface area contributed by atoms with Crippen LogP contribution in [0.25, 0.3) is 10.9 Å². The molecule has 0 spiro atoms. The van der Waals surface area contributed by atoms with Gasteiger partial charge in [0.15, 0.2) is 6.61 Å². The topological polar surface area (TPSA) is 150 Å². The third-order valence-electron chi connectivity index (χ3n) is 5.27. The monoisotopic (exact) mass is 523 g/mol. The van der Waals surface area contributed by atoms with Crippen molar-refractivity contribution in [2.75, 3.05) is 26.4 Å². The van der Waals surface area contributed by atoms with Crippen LogP contribution in [0.1, 0.15) is 32.5 Å². The molecule has 0 saturated heterocycles. The number of carboxylic acids is 1. The molecule has 1 unspecified atom stereocenters. The van der Waals surface area contributed by atoms with Gasteiger partial charge in [0.1, 0.15) is 16.5 Å². The normalized spacial score (nSPS) is 11.8. The van der Waals surface area contributed by atoms with Gasteiger partial charge >= 0.3 is 5.97 Å². The Morgan fingerprint density at radius 1 is 1.09 bits per heavy atom. The Morgan fingerprint density at radius 3 is 2.37 bits per heavy atom. The van der Waals surface area contributed by atoms with E-state index in [1.807, 2.05) is 0 Å². The van der Waals surface area contributed by atoms with Crippen LogP contribution in [0.3, 0.4) is 0 Å². The number of aliphatic hydroxyl groups excluding tert-OH is 2. The van der Waals surface area contributed by atoms with E-state index in [0.29, 0.717) is 16.5 Å². The summed E-state index contributed by atoms with van der Waals surface area (Å²) in [6.45, 7) is -0.878. The summed E-state index contributed by atoms with van der Waals surface area (Å²) in [6, 6.07) is 8.12. The quantitative estimate of drug-likeness (QED) is 0.273. The number of carboxylic acid groups (broad SMARTS) is 1. The van der Waals surface area contributed by atoms with Gasteiger partial charge in [-0.1, -0.05) is 35.3 Å². The molecule has 0 fully saturated rings. The summed E-state index contributed by atoms with van der Waals surface area (Å²) in [6.07, 6.45) is 0. The molecule has 186 valence electrons. The number of hydrogen-bond acceptors (Lipinski definition) is 6. The first kappa shape index (κ1) is 26.3. The molecule has 5 N–H and O–H groups in total. The van der Waals surface area contributed by atoms with Crippen molar-refractivity contribution < 1.29 is 34.4 Å². The lowest BCUT2D eigenvalue weighted by Crippen LogP contribution is -2.32. The fourth-order valence-corrected chi connectivity index (χ4v) is 3.87. The van der Waals surface area contributed by atoms with Crippen molar-refractivity contribution in [2.45, 2.75) is 6.04 Å². The predicted octanol–water partition coefficient (Wildman–Crippen LogP) is 2.13. The van der Waals surface area contributed by atoms with E-state index in [2.05, 4.69) is 10.6 Å². The minimum atomic E-state index is -1.08. The Bertz CT molecular complexity index is 1260. The summed E-state index contributed by atoms with van der Waals surface area (Å²) in [5.74, 6) is -1.91. The molecule has 3 aromatic rings. The van der Waals surface area contributed by atoms with Crippen molar-refractivity contribution in [1.82, 2.24) is 15.2 Å². The van der Waals surface area contributed by atoms with Crippen LogP contribution in [0.15, 0.2) is 36.4 Å². The van der Waals surface area contributed by atoms with E-state index in [9.17, 15) is 19.5 Å². The Morgan fingerprint density at radius 2 is 1.77 bits per heavy atom. The van der Waals surface area contributed by atoms with Crippen LogP contribution in [0.2, 0.25) is 10.0 Å². The third-order valence-corrected chi connectivity index (χ3v) is 6.13. The summed E-state index contributed by atoms with van der Waals surface area (Å²) in [4.78, 5) is 35.8. The summed E-state index contributed by atoms with van der Waals surface area (Å²) in [5, 5.41) is 33.5. The number of aromatic nitrogens is 1. The lowest BCUT2D eigenvalue weighted by Gasteiger charge is -2.17. The number of carbonyl (C=O) groups excluding carboxylic acids is 2. The maximum absolute atomic E-state index is 13.0. The molecular weight excluding hydrogens is 501 g/mol. The Labute approximate surface area is 210 Å². The molecule has 2 amide bonds. The van der Waals surface area contributed by atoms with Gasteiger partial charge in [0, 0.05) is 25.0 Å². The molecule has 35 heavy (non-hydrogen) atoms. The molecule has 0 aliphatic heterocycles. The fourth-order valence-electron chi connectivity index (χ4n) is 3.42. The summed E-state index contributed by atoms with van der Waals surface area (Å²) in [5.41, 5.74) is 1.35. The van der Waals surface area contributed by atoms with Crippen molar-refractivity contribution in [3.05, 3.63) is 63.3 Å². The van der Waals surface area contributed by atoms with Crippen LogP contribution >= 0.6 is 23.2 Å². The van der Waals surface area contributed by atoms with Crippen molar-refractivity contribution >= 4 is 51.9 Å². The number of nitrogens with zero attached hydrogens (tertiary/aromatic N) is 1. The molecule has 1 aromatic heterocycles. The molecule has 0 aliphatic rings. The molecule has 10 nitrogen and oxygen atoms in total. The van der Waals surface area contributed by atoms with Gasteiger partial charge in [0.05, 0.1) is 35.4 Å². The van der Waals surface area contributed by atoms with E-state index < -0.39 is 30.4 Å². The molecular formula is C23H23Cl2N3O7. The van der Waals surface area contributed by atoms with Crippen LogP contribution in [-0.4, -0.2) is 64.0 Å². The van der Waals surface area contributed by atoms with Crippen molar-refractivity contribution in [3.63, 3.8) is 0 Å². The van der Waals surface area contributed by atoms with Crippen LogP contribution in [0, 0.1) is 0 Å². The predicted molar refractivity (Wildman–Crippen MR) is 129 cm³/mol. The molecule has 0 aliphatic carbocycles. The molecule has 2 aromatic carbocycles. The van der Waals surface area contributed by atoms with E-state index in [1.54, 1.807) is 23.7 Å². The second-order valence-electron chi connectivity index (χ2n) is 7.52. The van der Waals surface area contributed by atoms with Gasteiger partial charge in [-0.05, 0) is 23.8 Å². The number of carbonyl (C=O) groups is 3. The highest BCUT2D eigenvalue weighted by molar-refractivity contribution is 6.46. The number of aromatic carboxylic acids is 1. The van der Waals surface area contributed by atoms with Crippen molar-refractivity contribution in [1.29, 1.82) is 0 Å². The average Bonchev–Trinajstić information content (AvgIpc) is 3.18. The van der Waals surface area contributed by atoms with Gasteiger partial charge in [-0.15, -0.1) is 0 Å². The number of ether oxygens (including phenoxy) is 1. The van der Waals surface area contributed by atoms with Crippen LogP contribution in [-0.2, 0) is 11.8 Å². The van der Waals surface area contributed by atoms with Gasteiger partial charge < -0.3 is 35.3 Å². The van der Waals surface area contributed by atoms with Crippen LogP contribution in [0.4, 0.5) is 0 Å². The maximum atomic E-state index is 13.0. The number of halogens is 2. The molecule has 12 heteroatoms. The highest BCUT2D eigenvalue weighted by atomic mass is 35.5. The zero-order valence-corrected chi connectivity index (χ0v) is 20.1. The number of nitrogens with one attached hydrogen (secondary N) is 2. The van der Waals surface area contributed by atoms with E-state index in [1.165, 1.54) is 24.3 Å². The Hall–Kier alpha value is -3.31. The molecule has 0 bridgehead atoms. The van der Waals surface area contributed by atoms with E-state index in [-0.39, 0.29) is 46.8 Å². The number of aliphatic hydroxyl groups is 2. The Kier molecular flexibility index (Phi) is 8.57. The highest BCUT2D eigenvalue weighted by Gasteiger charge is 2.22.